The molecule has 0 saturated heterocycles. The van der Waals surface area contributed by atoms with Crippen LogP contribution in [0.2, 0.25) is 0 Å². The summed E-state index contributed by atoms with van der Waals surface area (Å²) in [5.74, 6) is -0.204. The van der Waals surface area contributed by atoms with Crippen molar-refractivity contribution in [3.8, 4) is 0 Å². The maximum atomic E-state index is 13.1. The van der Waals surface area contributed by atoms with Crippen LogP contribution >= 0.6 is 0 Å². The van der Waals surface area contributed by atoms with Gasteiger partial charge < -0.3 is 5.32 Å². The number of carbonyl (C=O) groups is 1. The van der Waals surface area contributed by atoms with E-state index in [9.17, 15) is 13.2 Å². The van der Waals surface area contributed by atoms with Crippen molar-refractivity contribution >= 4 is 21.6 Å². The van der Waals surface area contributed by atoms with Crippen LogP contribution in [0.1, 0.15) is 40.9 Å². The molecule has 5 nitrogen and oxygen atoms in total. The lowest BCUT2D eigenvalue weighted by Gasteiger charge is -2.23. The third kappa shape index (κ3) is 5.26. The molecule has 1 N–H and O–H groups in total. The van der Waals surface area contributed by atoms with Crippen LogP contribution in [-0.4, -0.2) is 20.9 Å². The van der Waals surface area contributed by atoms with Gasteiger partial charge in [0.2, 0.25) is 0 Å². The number of nitrogens with one attached hydrogen (secondary N) is 1. The number of hydrogen-bond donors (Lipinski definition) is 1. The monoisotopic (exact) mass is 448 g/mol. The molecule has 0 fully saturated rings. The molecule has 3 aromatic rings. The summed E-state index contributed by atoms with van der Waals surface area (Å²) in [7, 11) is -3.75. The summed E-state index contributed by atoms with van der Waals surface area (Å²) >= 11 is 0. The van der Waals surface area contributed by atoms with Crippen LogP contribution in [0.25, 0.3) is 0 Å². The lowest BCUT2D eigenvalue weighted by molar-refractivity contribution is 0.0935. The van der Waals surface area contributed by atoms with Crippen molar-refractivity contribution in [3.63, 3.8) is 0 Å². The first kappa shape index (κ1) is 23.3. The Balaban J connectivity index is 1.81. The zero-order valence-corrected chi connectivity index (χ0v) is 19.2. The van der Waals surface area contributed by atoms with Gasteiger partial charge in [-0.05, 0) is 55.3 Å². The molecular formula is C26H28N2O3S. The van der Waals surface area contributed by atoms with Crippen molar-refractivity contribution in [2.24, 2.45) is 0 Å². The summed E-state index contributed by atoms with van der Waals surface area (Å²) in [5.41, 5.74) is 3.15. The topological polar surface area (TPSA) is 66.5 Å². The fourth-order valence-electron chi connectivity index (χ4n) is 3.42. The van der Waals surface area contributed by atoms with Gasteiger partial charge in [0.25, 0.3) is 15.9 Å². The predicted molar refractivity (Wildman–Crippen MR) is 129 cm³/mol. The molecule has 3 rings (SSSR count). The third-order valence-corrected chi connectivity index (χ3v) is 7.04. The quantitative estimate of drug-likeness (QED) is 0.454. The average Bonchev–Trinajstić information content (AvgIpc) is 2.82. The molecule has 32 heavy (non-hydrogen) atoms. The molecule has 1 unspecified atom stereocenters. The highest BCUT2D eigenvalue weighted by molar-refractivity contribution is 7.92. The van der Waals surface area contributed by atoms with Gasteiger partial charge in [-0.15, -0.1) is 6.58 Å². The van der Waals surface area contributed by atoms with Gasteiger partial charge in [0.15, 0.2) is 0 Å². The van der Waals surface area contributed by atoms with Gasteiger partial charge in [-0.3, -0.25) is 9.10 Å². The molecular weight excluding hydrogens is 420 g/mol. The number of sulfonamides is 1. The highest BCUT2D eigenvalue weighted by atomic mass is 32.2. The van der Waals surface area contributed by atoms with Crippen molar-refractivity contribution in [2.45, 2.75) is 31.2 Å². The molecule has 0 aromatic heterocycles. The minimum Gasteiger partial charge on any atom is -0.345 e. The lowest BCUT2D eigenvalue weighted by atomic mass is 10.0. The van der Waals surface area contributed by atoms with Crippen LogP contribution < -0.4 is 9.62 Å². The Labute approximate surface area is 190 Å². The molecule has 0 bridgehead atoms. The lowest BCUT2D eigenvalue weighted by Crippen LogP contribution is -2.31. The number of amides is 1. The Kier molecular flexibility index (Phi) is 7.49. The van der Waals surface area contributed by atoms with E-state index in [1.54, 1.807) is 54.6 Å². The van der Waals surface area contributed by atoms with Gasteiger partial charge >= 0.3 is 0 Å². The summed E-state index contributed by atoms with van der Waals surface area (Å²) in [4.78, 5) is 13.0. The molecule has 0 saturated carbocycles. The summed E-state index contributed by atoms with van der Waals surface area (Å²) in [5, 5.41) is 3.06. The van der Waals surface area contributed by atoms with Crippen molar-refractivity contribution in [1.82, 2.24) is 5.32 Å². The van der Waals surface area contributed by atoms with Crippen LogP contribution in [0, 0.1) is 6.92 Å². The minimum atomic E-state index is -3.75. The van der Waals surface area contributed by atoms with E-state index in [-0.39, 0.29) is 23.4 Å². The third-order valence-electron chi connectivity index (χ3n) is 5.24. The van der Waals surface area contributed by atoms with E-state index in [2.05, 4.69) is 11.9 Å². The van der Waals surface area contributed by atoms with Crippen LogP contribution in [0.5, 0.6) is 0 Å². The second-order valence-corrected chi connectivity index (χ2v) is 9.39. The maximum absolute atomic E-state index is 13.1. The van der Waals surface area contributed by atoms with Gasteiger partial charge in [-0.1, -0.05) is 61.0 Å². The normalized spacial score (nSPS) is 12.1. The molecule has 166 valence electrons. The number of hydrogen-bond acceptors (Lipinski definition) is 3. The standard InChI is InChI=1S/C26H28N2O3S/c1-4-19-28(32(30,31)24-9-7-6-8-10-24)23-17-15-22(16-18-23)26(29)27-25(5-2)21-13-11-20(3)12-14-21/h4,6-18,25H,1,5,19H2,2-3H3,(H,27,29). The van der Waals surface area contributed by atoms with Crippen molar-refractivity contribution in [3.05, 3.63) is 108 Å². The van der Waals surface area contributed by atoms with Crippen LogP contribution in [0.3, 0.4) is 0 Å². The van der Waals surface area contributed by atoms with E-state index in [1.807, 2.05) is 38.1 Å². The molecule has 6 heteroatoms. The summed E-state index contributed by atoms with van der Waals surface area (Å²) < 4.78 is 27.5. The number of benzene rings is 3. The Morgan fingerprint density at radius 3 is 2.19 bits per heavy atom. The molecule has 0 heterocycles. The first-order valence-electron chi connectivity index (χ1n) is 10.5. The van der Waals surface area contributed by atoms with Crippen LogP contribution in [0.4, 0.5) is 5.69 Å². The van der Waals surface area contributed by atoms with Crippen molar-refractivity contribution < 1.29 is 13.2 Å². The number of aryl methyl sites for hydroxylation is 1. The summed E-state index contributed by atoms with van der Waals surface area (Å²) in [6.45, 7) is 7.85. The van der Waals surface area contributed by atoms with Crippen LogP contribution in [-0.2, 0) is 10.0 Å². The molecule has 1 amide bonds. The van der Waals surface area contributed by atoms with Gasteiger partial charge in [0.1, 0.15) is 0 Å². The van der Waals surface area contributed by atoms with E-state index < -0.39 is 10.0 Å². The molecule has 3 aromatic carbocycles. The molecule has 0 spiro atoms. The molecule has 0 aliphatic carbocycles. The second-order valence-electron chi connectivity index (χ2n) is 7.53. The van der Waals surface area contributed by atoms with Gasteiger partial charge in [-0.2, -0.15) is 0 Å². The zero-order valence-electron chi connectivity index (χ0n) is 18.4. The Bertz CT molecular complexity index is 1160. The minimum absolute atomic E-state index is 0.0986. The van der Waals surface area contributed by atoms with Crippen LogP contribution in [0.15, 0.2) is 96.4 Å². The van der Waals surface area contributed by atoms with Gasteiger partial charge in [0, 0.05) is 5.56 Å². The zero-order chi connectivity index (χ0) is 23.1. The molecule has 0 radical (unpaired) electrons. The van der Waals surface area contributed by atoms with E-state index in [1.165, 1.54) is 15.9 Å². The Morgan fingerprint density at radius 1 is 1.00 bits per heavy atom. The Morgan fingerprint density at radius 2 is 1.62 bits per heavy atom. The first-order chi connectivity index (χ1) is 15.4. The van der Waals surface area contributed by atoms with Crippen molar-refractivity contribution in [2.75, 3.05) is 10.8 Å². The first-order valence-corrected chi connectivity index (χ1v) is 12.0. The van der Waals surface area contributed by atoms with E-state index in [4.69, 9.17) is 0 Å². The molecule has 0 aliphatic rings. The van der Waals surface area contributed by atoms with Gasteiger partial charge in [-0.25, -0.2) is 8.42 Å². The summed E-state index contributed by atoms with van der Waals surface area (Å²) in [6, 6.07) is 22.8. The highest BCUT2D eigenvalue weighted by Gasteiger charge is 2.24. The second kappa shape index (κ2) is 10.3. The fourth-order valence-corrected chi connectivity index (χ4v) is 4.88. The highest BCUT2D eigenvalue weighted by Crippen LogP contribution is 2.24. The fraction of sp³-hybridized carbons (Fsp3) is 0.192. The SMILES string of the molecule is C=CCN(c1ccc(C(=O)NC(CC)c2ccc(C)cc2)cc1)S(=O)(=O)c1ccccc1. The maximum Gasteiger partial charge on any atom is 0.264 e. The largest absolute Gasteiger partial charge is 0.345 e. The number of carbonyl (C=O) groups excluding carboxylic acids is 1. The number of rotatable bonds is 9. The number of nitrogens with zero attached hydrogens (tertiary/aromatic N) is 1. The van der Waals surface area contributed by atoms with E-state index in [0.717, 1.165) is 12.0 Å². The Hall–Kier alpha value is -3.38. The van der Waals surface area contributed by atoms with E-state index in [0.29, 0.717) is 11.3 Å². The van der Waals surface area contributed by atoms with Crippen molar-refractivity contribution in [1.29, 1.82) is 0 Å². The van der Waals surface area contributed by atoms with Gasteiger partial charge in [0.05, 0.1) is 23.2 Å². The predicted octanol–water partition coefficient (Wildman–Crippen LogP) is 5.26. The number of anilines is 1. The molecule has 1 atom stereocenters. The molecule has 0 aliphatic heterocycles. The van der Waals surface area contributed by atoms with E-state index >= 15 is 0 Å². The average molecular weight is 449 g/mol. The smallest absolute Gasteiger partial charge is 0.264 e. The summed E-state index contributed by atoms with van der Waals surface area (Å²) in [6.07, 6.45) is 2.30.